The number of carboxylic acid groups (broad SMARTS) is 2. The monoisotopic (exact) mass is 261 g/mol. The van der Waals surface area contributed by atoms with Crippen molar-refractivity contribution in [3.05, 3.63) is 23.1 Å². The molecule has 92 valence electrons. The lowest BCUT2D eigenvalue weighted by Crippen LogP contribution is -2.42. The summed E-state index contributed by atoms with van der Waals surface area (Å²) in [5, 5.41) is 19.1. The highest BCUT2D eigenvalue weighted by atomic mass is 35.5. The molecule has 8 heteroatoms. The molecule has 3 N–H and O–H groups in total. The van der Waals surface area contributed by atoms with Crippen LogP contribution in [-0.4, -0.2) is 34.1 Å². The van der Waals surface area contributed by atoms with E-state index in [9.17, 15) is 14.4 Å². The van der Waals surface area contributed by atoms with Crippen molar-refractivity contribution in [2.24, 2.45) is 0 Å². The van der Waals surface area contributed by atoms with Crippen LogP contribution in [0.2, 0.25) is 5.22 Å². The van der Waals surface area contributed by atoms with E-state index in [0.29, 0.717) is 0 Å². The number of carbonyl (C=O) groups is 3. The molecular weight excluding hydrogens is 254 g/mol. The van der Waals surface area contributed by atoms with Crippen molar-refractivity contribution in [1.29, 1.82) is 0 Å². The normalized spacial score (nSPS) is 11.8. The summed E-state index contributed by atoms with van der Waals surface area (Å²) in [4.78, 5) is 32.5. The van der Waals surface area contributed by atoms with Gasteiger partial charge in [-0.25, -0.2) is 4.79 Å². The van der Waals surface area contributed by atoms with E-state index in [1.165, 1.54) is 12.1 Å². The summed E-state index contributed by atoms with van der Waals surface area (Å²) in [7, 11) is 0. The molecule has 0 aromatic carbocycles. The molecule has 7 nitrogen and oxygen atoms in total. The Morgan fingerprint density at radius 1 is 1.35 bits per heavy atom. The molecule has 1 heterocycles. The number of rotatable bonds is 5. The molecule has 0 unspecified atom stereocenters. The molecule has 1 amide bonds. The van der Waals surface area contributed by atoms with Crippen LogP contribution >= 0.6 is 11.6 Å². The highest BCUT2D eigenvalue weighted by molar-refractivity contribution is 6.29. The van der Waals surface area contributed by atoms with E-state index in [-0.39, 0.29) is 11.0 Å². The topological polar surface area (TPSA) is 117 Å². The highest BCUT2D eigenvalue weighted by Crippen LogP contribution is 2.13. The smallest absolute Gasteiger partial charge is 0.326 e. The van der Waals surface area contributed by atoms with Crippen molar-refractivity contribution in [3.8, 4) is 0 Å². The molecule has 1 aromatic heterocycles. The fraction of sp³-hybridized carbons (Fsp3) is 0.222. The molecule has 0 fully saturated rings. The standard InChI is InChI=1S/C9H8ClNO6/c10-6-2-1-5(17-6)8(14)11-4(9(15)16)3-7(12)13/h1-2,4H,3H2,(H,11,14)(H,12,13)(H,15,16)/t4-/m0/s1. The Balaban J connectivity index is 2.70. The number of carbonyl (C=O) groups excluding carboxylic acids is 1. The lowest BCUT2D eigenvalue weighted by molar-refractivity contribution is -0.145. The second kappa shape index (κ2) is 5.35. The van der Waals surface area contributed by atoms with E-state index < -0.39 is 30.3 Å². The average Bonchev–Trinajstić information content (AvgIpc) is 2.63. The minimum absolute atomic E-state index is 0.0275. The Labute approximate surface area is 100.0 Å². The van der Waals surface area contributed by atoms with Gasteiger partial charge in [-0.3, -0.25) is 9.59 Å². The molecular formula is C9H8ClNO6. The predicted molar refractivity (Wildman–Crippen MR) is 54.9 cm³/mol. The Kier molecular flexibility index (Phi) is 4.11. The molecule has 0 spiro atoms. The number of hydrogen-bond donors (Lipinski definition) is 3. The van der Waals surface area contributed by atoms with Crippen LogP contribution in [0.15, 0.2) is 16.5 Å². The van der Waals surface area contributed by atoms with Crippen molar-refractivity contribution in [1.82, 2.24) is 5.32 Å². The van der Waals surface area contributed by atoms with Crippen LogP contribution in [0.1, 0.15) is 17.0 Å². The maximum atomic E-state index is 11.4. The molecule has 0 radical (unpaired) electrons. The third-order valence-corrected chi connectivity index (χ3v) is 1.98. The number of nitrogens with one attached hydrogen (secondary N) is 1. The summed E-state index contributed by atoms with van der Waals surface area (Å²) in [5.74, 6) is -3.81. The predicted octanol–water partition coefficient (Wildman–Crippen LogP) is 0.591. The van der Waals surface area contributed by atoms with Crippen LogP contribution in [0.25, 0.3) is 0 Å². The zero-order valence-electron chi connectivity index (χ0n) is 8.34. The van der Waals surface area contributed by atoms with Gasteiger partial charge in [-0.2, -0.15) is 0 Å². The highest BCUT2D eigenvalue weighted by Gasteiger charge is 2.24. The number of amides is 1. The summed E-state index contributed by atoms with van der Waals surface area (Å²) >= 11 is 5.43. The van der Waals surface area contributed by atoms with Crippen molar-refractivity contribution >= 4 is 29.4 Å². The molecule has 1 aromatic rings. The van der Waals surface area contributed by atoms with Crippen LogP contribution in [-0.2, 0) is 9.59 Å². The zero-order valence-corrected chi connectivity index (χ0v) is 9.10. The first-order valence-electron chi connectivity index (χ1n) is 4.41. The molecule has 0 saturated heterocycles. The molecule has 17 heavy (non-hydrogen) atoms. The van der Waals surface area contributed by atoms with Crippen LogP contribution in [0.3, 0.4) is 0 Å². The van der Waals surface area contributed by atoms with Crippen molar-refractivity contribution in [3.63, 3.8) is 0 Å². The quantitative estimate of drug-likeness (QED) is 0.714. The van der Waals surface area contributed by atoms with E-state index >= 15 is 0 Å². The zero-order chi connectivity index (χ0) is 13.0. The molecule has 0 aliphatic rings. The number of aliphatic carboxylic acids is 2. The van der Waals surface area contributed by atoms with Gasteiger partial charge in [-0.15, -0.1) is 0 Å². The van der Waals surface area contributed by atoms with Gasteiger partial charge in [0, 0.05) is 0 Å². The van der Waals surface area contributed by atoms with Gasteiger partial charge < -0.3 is 19.9 Å². The summed E-state index contributed by atoms with van der Waals surface area (Å²) < 4.78 is 4.74. The van der Waals surface area contributed by atoms with E-state index in [1.54, 1.807) is 0 Å². The van der Waals surface area contributed by atoms with Gasteiger partial charge in [0.25, 0.3) is 5.91 Å². The summed E-state index contributed by atoms with van der Waals surface area (Å²) in [5.41, 5.74) is 0. The first-order chi connectivity index (χ1) is 7.90. The van der Waals surface area contributed by atoms with Gasteiger partial charge in [-0.05, 0) is 23.7 Å². The fourth-order valence-corrected chi connectivity index (χ4v) is 1.19. The Morgan fingerprint density at radius 2 is 2.00 bits per heavy atom. The van der Waals surface area contributed by atoms with Crippen LogP contribution in [0, 0.1) is 0 Å². The van der Waals surface area contributed by atoms with Crippen molar-refractivity contribution in [2.45, 2.75) is 12.5 Å². The summed E-state index contributed by atoms with van der Waals surface area (Å²) in [6, 6.07) is 1.03. The van der Waals surface area contributed by atoms with E-state index in [2.05, 4.69) is 0 Å². The Bertz CT molecular complexity index is 454. The van der Waals surface area contributed by atoms with E-state index in [0.717, 1.165) is 0 Å². The third-order valence-electron chi connectivity index (χ3n) is 1.78. The number of halogens is 1. The van der Waals surface area contributed by atoms with Gasteiger partial charge in [-0.1, -0.05) is 0 Å². The molecule has 0 aliphatic carbocycles. The van der Waals surface area contributed by atoms with Gasteiger partial charge in [0.15, 0.2) is 11.0 Å². The van der Waals surface area contributed by atoms with Crippen molar-refractivity contribution < 1.29 is 29.0 Å². The molecule has 1 atom stereocenters. The van der Waals surface area contributed by atoms with Gasteiger partial charge in [0.1, 0.15) is 6.04 Å². The molecule has 0 aliphatic heterocycles. The molecule has 0 saturated carbocycles. The van der Waals surface area contributed by atoms with E-state index in [4.69, 9.17) is 26.2 Å². The summed E-state index contributed by atoms with van der Waals surface area (Å²) in [6.45, 7) is 0. The number of furan rings is 1. The minimum atomic E-state index is -1.52. The SMILES string of the molecule is O=C(O)C[C@H](NC(=O)c1ccc(Cl)o1)C(=O)O. The Morgan fingerprint density at radius 3 is 2.41 bits per heavy atom. The van der Waals surface area contributed by atoms with Crippen molar-refractivity contribution in [2.75, 3.05) is 0 Å². The van der Waals surface area contributed by atoms with Crippen LogP contribution in [0.5, 0.6) is 0 Å². The number of carboxylic acids is 2. The fourth-order valence-electron chi connectivity index (χ4n) is 1.04. The lowest BCUT2D eigenvalue weighted by Gasteiger charge is -2.10. The number of hydrogen-bond acceptors (Lipinski definition) is 4. The first kappa shape index (κ1) is 13.0. The third kappa shape index (κ3) is 3.80. The summed E-state index contributed by atoms with van der Waals surface area (Å²) in [6.07, 6.45) is -0.727. The second-order valence-corrected chi connectivity index (χ2v) is 3.44. The average molecular weight is 262 g/mol. The molecule has 0 bridgehead atoms. The maximum Gasteiger partial charge on any atom is 0.326 e. The van der Waals surface area contributed by atoms with Gasteiger partial charge in [0.05, 0.1) is 6.42 Å². The van der Waals surface area contributed by atoms with Gasteiger partial charge >= 0.3 is 11.9 Å². The molecule has 1 rings (SSSR count). The second-order valence-electron chi connectivity index (χ2n) is 3.07. The first-order valence-corrected chi connectivity index (χ1v) is 4.78. The lowest BCUT2D eigenvalue weighted by atomic mass is 10.2. The van der Waals surface area contributed by atoms with Crippen LogP contribution in [0.4, 0.5) is 0 Å². The largest absolute Gasteiger partial charge is 0.481 e. The maximum absolute atomic E-state index is 11.4. The Hall–Kier alpha value is -2.02. The van der Waals surface area contributed by atoms with E-state index in [1.807, 2.05) is 5.32 Å². The minimum Gasteiger partial charge on any atom is -0.481 e. The van der Waals surface area contributed by atoms with Gasteiger partial charge in [0.2, 0.25) is 0 Å². The van der Waals surface area contributed by atoms with Crippen LogP contribution < -0.4 is 5.32 Å².